The van der Waals surface area contributed by atoms with E-state index in [0.29, 0.717) is 0 Å². The van der Waals surface area contributed by atoms with Crippen LogP contribution in [0, 0.1) is 0 Å². The minimum absolute atomic E-state index is 0.234. The van der Waals surface area contributed by atoms with Gasteiger partial charge in [-0.2, -0.15) is 0 Å². The van der Waals surface area contributed by atoms with Crippen molar-refractivity contribution in [1.82, 2.24) is 0 Å². The molecule has 0 aromatic carbocycles. The maximum absolute atomic E-state index is 11.1. The van der Waals surface area contributed by atoms with E-state index in [1.165, 1.54) is 13.8 Å². The predicted molar refractivity (Wildman–Crippen MR) is 43.1 cm³/mol. The molecule has 6 heteroatoms. The maximum Gasteiger partial charge on any atom is 0.247 e. The first-order valence-corrected chi connectivity index (χ1v) is 4.74. The highest BCUT2D eigenvalue weighted by Gasteiger charge is 2.43. The van der Waals surface area contributed by atoms with Crippen molar-refractivity contribution in [3.63, 3.8) is 0 Å². The lowest BCUT2D eigenvalue weighted by atomic mass is 10.5. The molecule has 5 nitrogen and oxygen atoms in total. The Morgan fingerprint density at radius 3 is 1.42 bits per heavy atom. The number of aliphatic hydroxyl groups is 4. The molecule has 0 unspecified atom stereocenters. The molecule has 0 bridgehead atoms. The molecule has 0 aliphatic heterocycles. The van der Waals surface area contributed by atoms with Gasteiger partial charge < -0.3 is 20.4 Å². The van der Waals surface area contributed by atoms with E-state index in [-0.39, 0.29) is 12.8 Å². The number of hydrogen-bond donors (Lipinski definition) is 4. The normalized spacial score (nSPS) is 13.9. The monoisotopic (exact) mass is 198 g/mol. The first-order chi connectivity index (χ1) is 5.28. The molecule has 0 heterocycles. The van der Waals surface area contributed by atoms with Gasteiger partial charge in [-0.3, -0.25) is 0 Å². The van der Waals surface area contributed by atoms with Crippen LogP contribution in [-0.4, -0.2) is 34.9 Å². The Hall–Kier alpha value is -0.0100. The van der Waals surface area contributed by atoms with Gasteiger partial charge in [-0.1, -0.05) is 13.8 Å². The van der Waals surface area contributed by atoms with Crippen LogP contribution in [-0.2, 0) is 10.8 Å². The van der Waals surface area contributed by atoms with Crippen molar-refractivity contribution in [3.8, 4) is 0 Å². The van der Waals surface area contributed by atoms with Crippen molar-refractivity contribution in [2.75, 3.05) is 0 Å². The van der Waals surface area contributed by atoms with Gasteiger partial charge in [-0.15, -0.1) is 0 Å². The van der Waals surface area contributed by atoms with Gasteiger partial charge in [0.2, 0.25) is 10.2 Å². The SMILES string of the molecule is CCC(O)(O)S(=O)C(O)(O)CC. The number of rotatable bonds is 4. The highest BCUT2D eigenvalue weighted by molar-refractivity contribution is 7.87. The molecule has 0 atom stereocenters. The van der Waals surface area contributed by atoms with Gasteiger partial charge in [-0.05, 0) is 0 Å². The van der Waals surface area contributed by atoms with Gasteiger partial charge >= 0.3 is 0 Å². The Balaban J connectivity index is 4.60. The third-order valence-corrected chi connectivity index (χ3v) is 3.28. The molecule has 0 radical (unpaired) electrons. The van der Waals surface area contributed by atoms with Gasteiger partial charge in [0.15, 0.2) is 0 Å². The predicted octanol–water partition coefficient (Wildman–Crippen LogP) is -1.17. The molecule has 0 saturated heterocycles. The van der Waals surface area contributed by atoms with Crippen molar-refractivity contribution in [1.29, 1.82) is 0 Å². The summed E-state index contributed by atoms with van der Waals surface area (Å²) in [6.45, 7) is 2.76. The second-order valence-corrected chi connectivity index (χ2v) is 4.31. The summed E-state index contributed by atoms with van der Waals surface area (Å²) < 4.78 is 11.1. The Morgan fingerprint density at radius 2 is 1.25 bits per heavy atom. The van der Waals surface area contributed by atoms with Crippen LogP contribution in [0.1, 0.15) is 26.7 Å². The Kier molecular flexibility index (Phi) is 3.80. The van der Waals surface area contributed by atoms with Gasteiger partial charge in [-0.25, -0.2) is 4.21 Å². The zero-order valence-corrected chi connectivity index (χ0v) is 7.84. The first-order valence-electron chi connectivity index (χ1n) is 3.59. The Morgan fingerprint density at radius 1 is 1.00 bits per heavy atom. The van der Waals surface area contributed by atoms with E-state index in [2.05, 4.69) is 0 Å². The highest BCUT2D eigenvalue weighted by Crippen LogP contribution is 2.22. The second-order valence-electron chi connectivity index (χ2n) is 2.46. The lowest BCUT2D eigenvalue weighted by molar-refractivity contribution is -0.119. The summed E-state index contributed by atoms with van der Waals surface area (Å²) >= 11 is 0. The average Bonchev–Trinajstić information content (AvgIpc) is 2.03. The van der Waals surface area contributed by atoms with E-state index < -0.39 is 21.0 Å². The van der Waals surface area contributed by atoms with Gasteiger partial charge in [0.1, 0.15) is 10.8 Å². The Bertz CT molecular complexity index is 159. The summed E-state index contributed by atoms with van der Waals surface area (Å²) in [5.41, 5.74) is 0. The summed E-state index contributed by atoms with van der Waals surface area (Å²) in [5.74, 6) is 0. The molecule has 0 aliphatic carbocycles. The van der Waals surface area contributed by atoms with E-state index in [0.717, 1.165) is 0 Å². The van der Waals surface area contributed by atoms with Gasteiger partial charge in [0.25, 0.3) is 0 Å². The van der Waals surface area contributed by atoms with E-state index in [4.69, 9.17) is 20.4 Å². The molecular formula is C6H14O5S. The smallest absolute Gasteiger partial charge is 0.247 e. The fourth-order valence-electron chi connectivity index (χ4n) is 0.524. The van der Waals surface area contributed by atoms with E-state index >= 15 is 0 Å². The van der Waals surface area contributed by atoms with E-state index in [1.807, 2.05) is 0 Å². The van der Waals surface area contributed by atoms with Crippen molar-refractivity contribution in [2.45, 2.75) is 36.9 Å². The van der Waals surface area contributed by atoms with Gasteiger partial charge in [0.05, 0.1) is 0 Å². The standard InChI is InChI=1S/C6H14O5S/c1-3-5(7,8)12(11)6(9,10)4-2/h7-10H,3-4H2,1-2H3. The topological polar surface area (TPSA) is 98.0 Å². The second kappa shape index (κ2) is 3.80. The van der Waals surface area contributed by atoms with Crippen LogP contribution in [0.2, 0.25) is 0 Å². The summed E-state index contributed by atoms with van der Waals surface area (Å²) in [5, 5.41) is 30.9. The van der Waals surface area contributed by atoms with Crippen LogP contribution in [0.3, 0.4) is 0 Å². The molecule has 0 aliphatic rings. The largest absolute Gasteiger partial charge is 0.355 e. The van der Waals surface area contributed by atoms with Crippen LogP contribution < -0.4 is 0 Å². The fourth-order valence-corrected chi connectivity index (χ4v) is 1.57. The maximum atomic E-state index is 11.1. The zero-order chi connectivity index (χ0) is 9.99. The van der Waals surface area contributed by atoms with Crippen molar-refractivity contribution < 1.29 is 24.6 Å². The summed E-state index contributed by atoms with van der Waals surface area (Å²) in [6, 6.07) is 0. The van der Waals surface area contributed by atoms with Crippen LogP contribution in [0.25, 0.3) is 0 Å². The van der Waals surface area contributed by atoms with Gasteiger partial charge in [0, 0.05) is 12.8 Å². The zero-order valence-electron chi connectivity index (χ0n) is 7.02. The van der Waals surface area contributed by atoms with Crippen LogP contribution in [0.15, 0.2) is 0 Å². The first kappa shape index (κ1) is 12.0. The van der Waals surface area contributed by atoms with Crippen molar-refractivity contribution in [2.24, 2.45) is 0 Å². The van der Waals surface area contributed by atoms with E-state index in [9.17, 15) is 4.21 Å². The molecule has 0 amide bonds. The molecular weight excluding hydrogens is 184 g/mol. The molecule has 0 spiro atoms. The highest BCUT2D eigenvalue weighted by atomic mass is 32.2. The summed E-state index contributed by atoms with van der Waals surface area (Å²) in [7, 11) is -2.52. The van der Waals surface area contributed by atoms with Crippen LogP contribution >= 0.6 is 0 Å². The lowest BCUT2D eigenvalue weighted by Gasteiger charge is -2.27. The van der Waals surface area contributed by atoms with Crippen molar-refractivity contribution >= 4 is 10.8 Å². The third-order valence-electron chi connectivity index (χ3n) is 1.51. The average molecular weight is 198 g/mol. The summed E-state index contributed by atoms with van der Waals surface area (Å²) in [4.78, 5) is 0. The van der Waals surface area contributed by atoms with Crippen molar-refractivity contribution in [3.05, 3.63) is 0 Å². The number of hydrogen-bond acceptors (Lipinski definition) is 5. The Labute approximate surface area is 73.1 Å². The molecule has 0 aromatic rings. The third kappa shape index (κ3) is 2.49. The minimum atomic E-state index is -2.54. The molecule has 74 valence electrons. The lowest BCUT2D eigenvalue weighted by Crippen LogP contribution is -2.47. The van der Waals surface area contributed by atoms with E-state index in [1.54, 1.807) is 0 Å². The molecule has 0 rings (SSSR count). The molecule has 4 N–H and O–H groups in total. The molecule has 0 aromatic heterocycles. The molecule has 12 heavy (non-hydrogen) atoms. The van der Waals surface area contributed by atoms with Crippen LogP contribution in [0.4, 0.5) is 0 Å². The van der Waals surface area contributed by atoms with Crippen LogP contribution in [0.5, 0.6) is 0 Å². The summed E-state index contributed by atoms with van der Waals surface area (Å²) in [6.07, 6.45) is -0.467. The quantitative estimate of drug-likeness (QED) is 0.427. The minimum Gasteiger partial charge on any atom is -0.355 e. The molecule has 0 saturated carbocycles. The molecule has 0 fully saturated rings. The fraction of sp³-hybridized carbons (Fsp3) is 1.00.